The van der Waals surface area contributed by atoms with E-state index < -0.39 is 18.0 Å². The van der Waals surface area contributed by atoms with E-state index in [1.54, 1.807) is 0 Å². The lowest BCUT2D eigenvalue weighted by Gasteiger charge is -2.15. The van der Waals surface area contributed by atoms with Gasteiger partial charge in [-0.15, -0.1) is 0 Å². The number of hydrogen-bond donors (Lipinski definition) is 1. The van der Waals surface area contributed by atoms with Gasteiger partial charge in [0, 0.05) is 5.56 Å². The maximum absolute atomic E-state index is 12.5. The highest BCUT2D eigenvalue weighted by Crippen LogP contribution is 2.62. The summed E-state index contributed by atoms with van der Waals surface area (Å²) in [4.78, 5) is 3.35. The summed E-state index contributed by atoms with van der Waals surface area (Å²) in [6.45, 7) is 0. The van der Waals surface area contributed by atoms with E-state index in [0.29, 0.717) is 17.4 Å². The largest absolute Gasteiger partial charge is 0.433 e. The summed E-state index contributed by atoms with van der Waals surface area (Å²) in [7, 11) is 0. The maximum atomic E-state index is 12.5. The molecule has 1 aromatic heterocycles. The minimum absolute atomic E-state index is 0.143. The number of alkyl halides is 3. The number of aromatic nitrogens is 1. The quantitative estimate of drug-likeness (QED) is 0.840. The Morgan fingerprint density at radius 3 is 2.42 bits per heavy atom. The van der Waals surface area contributed by atoms with Gasteiger partial charge in [0.05, 0.1) is 6.10 Å². The topological polar surface area (TPSA) is 33.1 Å². The summed E-state index contributed by atoms with van der Waals surface area (Å²) in [5, 5.41) is 9.99. The van der Waals surface area contributed by atoms with Crippen LogP contribution in [0.4, 0.5) is 13.2 Å². The Morgan fingerprint density at radius 1 is 1.26 bits per heavy atom. The van der Waals surface area contributed by atoms with Crippen molar-refractivity contribution in [2.75, 3.05) is 0 Å². The summed E-state index contributed by atoms with van der Waals surface area (Å²) in [5.74, 6) is 1.16. The van der Waals surface area contributed by atoms with E-state index in [-0.39, 0.29) is 11.1 Å². The molecule has 3 unspecified atom stereocenters. The van der Waals surface area contributed by atoms with Crippen molar-refractivity contribution >= 4 is 11.6 Å². The highest BCUT2D eigenvalue weighted by atomic mass is 35.5. The summed E-state index contributed by atoms with van der Waals surface area (Å²) in [6, 6.07) is 2.12. The Bertz CT molecular complexity index is 495. The SMILES string of the molecule is OC(c1ccc(C(F)(F)F)nc1Cl)C1C2CCCC21. The molecule has 0 spiro atoms. The summed E-state index contributed by atoms with van der Waals surface area (Å²) in [6.07, 6.45) is -1.94. The van der Waals surface area contributed by atoms with Gasteiger partial charge in [-0.2, -0.15) is 13.2 Å². The predicted molar refractivity (Wildman–Crippen MR) is 63.5 cm³/mol. The second-order valence-electron chi connectivity index (χ2n) is 5.36. The number of hydrogen-bond acceptors (Lipinski definition) is 2. The molecule has 3 rings (SSSR count). The fourth-order valence-corrected chi connectivity index (χ4v) is 3.64. The van der Waals surface area contributed by atoms with Gasteiger partial charge in [-0.05, 0) is 36.7 Å². The van der Waals surface area contributed by atoms with Crippen molar-refractivity contribution in [2.24, 2.45) is 17.8 Å². The molecule has 3 atom stereocenters. The number of rotatable bonds is 2. The van der Waals surface area contributed by atoms with E-state index in [0.717, 1.165) is 18.9 Å². The van der Waals surface area contributed by atoms with E-state index in [2.05, 4.69) is 4.98 Å². The van der Waals surface area contributed by atoms with Gasteiger partial charge in [0.15, 0.2) is 0 Å². The zero-order valence-corrected chi connectivity index (χ0v) is 10.7. The molecule has 0 aliphatic heterocycles. The van der Waals surface area contributed by atoms with Crippen LogP contribution in [0.3, 0.4) is 0 Å². The van der Waals surface area contributed by atoms with Crippen LogP contribution in [0, 0.1) is 17.8 Å². The van der Waals surface area contributed by atoms with Crippen molar-refractivity contribution in [1.82, 2.24) is 4.98 Å². The first-order valence-electron chi connectivity index (χ1n) is 6.31. The highest BCUT2D eigenvalue weighted by molar-refractivity contribution is 6.30. The number of fused-ring (bicyclic) bond motifs is 1. The van der Waals surface area contributed by atoms with Gasteiger partial charge >= 0.3 is 6.18 Å². The third kappa shape index (κ3) is 2.23. The van der Waals surface area contributed by atoms with Gasteiger partial charge in [-0.3, -0.25) is 0 Å². The van der Waals surface area contributed by atoms with Gasteiger partial charge in [0.25, 0.3) is 0 Å². The molecule has 104 valence electrons. The number of nitrogens with zero attached hydrogens (tertiary/aromatic N) is 1. The first-order chi connectivity index (χ1) is 8.89. The molecule has 1 aromatic rings. The van der Waals surface area contributed by atoms with Crippen LogP contribution in [-0.2, 0) is 6.18 Å². The molecule has 6 heteroatoms. The van der Waals surface area contributed by atoms with Gasteiger partial charge in [0.2, 0.25) is 0 Å². The van der Waals surface area contributed by atoms with Crippen LogP contribution in [-0.4, -0.2) is 10.1 Å². The maximum Gasteiger partial charge on any atom is 0.433 e. The molecule has 0 saturated heterocycles. The zero-order valence-electron chi connectivity index (χ0n) is 9.99. The first-order valence-corrected chi connectivity index (χ1v) is 6.69. The van der Waals surface area contributed by atoms with E-state index >= 15 is 0 Å². The van der Waals surface area contributed by atoms with Crippen LogP contribution in [0.2, 0.25) is 5.15 Å². The molecule has 19 heavy (non-hydrogen) atoms. The lowest BCUT2D eigenvalue weighted by Crippen LogP contribution is -2.11. The van der Waals surface area contributed by atoms with E-state index in [4.69, 9.17) is 11.6 Å². The Morgan fingerprint density at radius 2 is 1.89 bits per heavy atom. The number of halogens is 4. The Labute approximate surface area is 113 Å². The molecule has 2 nitrogen and oxygen atoms in total. The second-order valence-corrected chi connectivity index (χ2v) is 5.71. The van der Waals surface area contributed by atoms with Crippen molar-refractivity contribution in [2.45, 2.75) is 31.5 Å². The van der Waals surface area contributed by atoms with E-state index in [1.807, 2.05) is 0 Å². The predicted octanol–water partition coefficient (Wildman–Crippen LogP) is 3.83. The van der Waals surface area contributed by atoms with Crippen LogP contribution in [0.15, 0.2) is 12.1 Å². The van der Waals surface area contributed by atoms with Gasteiger partial charge in [-0.25, -0.2) is 4.98 Å². The minimum Gasteiger partial charge on any atom is -0.388 e. The van der Waals surface area contributed by atoms with Crippen molar-refractivity contribution in [3.8, 4) is 0 Å². The molecular formula is C13H13ClF3NO. The Balaban J connectivity index is 1.82. The number of aliphatic hydroxyl groups is 1. The first kappa shape index (κ1) is 13.2. The molecule has 0 radical (unpaired) electrons. The van der Waals surface area contributed by atoms with Crippen LogP contribution < -0.4 is 0 Å². The molecule has 2 saturated carbocycles. The van der Waals surface area contributed by atoms with Crippen molar-refractivity contribution in [1.29, 1.82) is 0 Å². The number of aliphatic hydroxyl groups excluding tert-OH is 1. The lowest BCUT2D eigenvalue weighted by molar-refractivity contribution is -0.141. The molecule has 0 aromatic carbocycles. The summed E-state index contributed by atoms with van der Waals surface area (Å²) >= 11 is 5.79. The zero-order chi connectivity index (χ0) is 13.8. The fourth-order valence-electron chi connectivity index (χ4n) is 3.38. The second kappa shape index (κ2) is 4.35. The average molecular weight is 292 g/mol. The van der Waals surface area contributed by atoms with Crippen LogP contribution >= 0.6 is 11.6 Å². The average Bonchev–Trinajstić information content (AvgIpc) is 2.80. The van der Waals surface area contributed by atoms with Gasteiger partial charge in [-0.1, -0.05) is 24.1 Å². The summed E-state index contributed by atoms with van der Waals surface area (Å²) in [5.41, 5.74) is -0.710. The molecule has 2 aliphatic carbocycles. The normalized spacial score (nSPS) is 31.1. The van der Waals surface area contributed by atoms with E-state index in [1.165, 1.54) is 12.5 Å². The minimum atomic E-state index is -4.51. The fraction of sp³-hybridized carbons (Fsp3) is 0.615. The molecule has 1 N–H and O–H groups in total. The molecule has 2 aliphatic rings. The molecule has 0 amide bonds. The van der Waals surface area contributed by atoms with Crippen LogP contribution in [0.1, 0.15) is 36.6 Å². The Hall–Kier alpha value is -0.810. The van der Waals surface area contributed by atoms with Crippen molar-refractivity contribution in [3.63, 3.8) is 0 Å². The van der Waals surface area contributed by atoms with Crippen molar-refractivity contribution in [3.05, 3.63) is 28.5 Å². The van der Waals surface area contributed by atoms with Crippen molar-refractivity contribution < 1.29 is 18.3 Å². The Kier molecular flexibility index (Phi) is 3.02. The molecule has 1 heterocycles. The smallest absolute Gasteiger partial charge is 0.388 e. The van der Waals surface area contributed by atoms with Gasteiger partial charge < -0.3 is 5.11 Å². The lowest BCUT2D eigenvalue weighted by atomic mass is 10.0. The molecular weight excluding hydrogens is 279 g/mol. The third-order valence-corrected chi connectivity index (χ3v) is 4.63. The van der Waals surface area contributed by atoms with Crippen LogP contribution in [0.25, 0.3) is 0 Å². The monoisotopic (exact) mass is 291 g/mol. The third-order valence-electron chi connectivity index (χ3n) is 4.32. The standard InChI is InChI=1S/C13H13ClF3NO/c14-12-8(4-5-9(18-12)13(15,16)17)11(19)10-6-2-1-3-7(6)10/h4-7,10-11,19H,1-3H2. The molecule has 2 fully saturated rings. The number of pyridine rings is 1. The van der Waals surface area contributed by atoms with Gasteiger partial charge in [0.1, 0.15) is 10.8 Å². The highest BCUT2D eigenvalue weighted by Gasteiger charge is 2.56. The van der Waals surface area contributed by atoms with E-state index in [9.17, 15) is 18.3 Å². The molecule has 0 bridgehead atoms. The van der Waals surface area contributed by atoms with Crippen LogP contribution in [0.5, 0.6) is 0 Å². The summed E-state index contributed by atoms with van der Waals surface area (Å²) < 4.78 is 37.4.